The van der Waals surface area contributed by atoms with Crippen LogP contribution in [0.4, 0.5) is 5.13 Å². The number of sulfonamides is 1. The number of ether oxygens (including phenoxy) is 1. The number of anilines is 1. The van der Waals surface area contributed by atoms with Crippen LogP contribution in [0.15, 0.2) is 47.4 Å². The summed E-state index contributed by atoms with van der Waals surface area (Å²) in [5.41, 5.74) is 1.12. The normalized spacial score (nSPS) is 11.7. The first-order valence-corrected chi connectivity index (χ1v) is 11.4. The predicted molar refractivity (Wildman–Crippen MR) is 115 cm³/mol. The van der Waals surface area contributed by atoms with E-state index in [4.69, 9.17) is 4.74 Å². The summed E-state index contributed by atoms with van der Waals surface area (Å²) in [6, 6.07) is 11.4. The Hall–Kier alpha value is -2.49. The molecule has 0 saturated heterocycles. The number of thiazole rings is 1. The molecule has 29 heavy (non-hydrogen) atoms. The van der Waals surface area contributed by atoms with Gasteiger partial charge in [0.05, 0.1) is 22.2 Å². The third-order valence-electron chi connectivity index (χ3n) is 4.47. The van der Waals surface area contributed by atoms with Gasteiger partial charge >= 0.3 is 0 Å². The van der Waals surface area contributed by atoms with Crippen molar-refractivity contribution in [2.75, 3.05) is 26.0 Å². The van der Waals surface area contributed by atoms with Crippen molar-refractivity contribution in [3.05, 3.63) is 48.0 Å². The second kappa shape index (κ2) is 8.89. The fourth-order valence-electron chi connectivity index (χ4n) is 2.71. The zero-order valence-electron chi connectivity index (χ0n) is 16.5. The minimum absolute atomic E-state index is 0.166. The van der Waals surface area contributed by atoms with Crippen LogP contribution in [-0.4, -0.2) is 44.3 Å². The van der Waals surface area contributed by atoms with E-state index in [2.05, 4.69) is 10.3 Å². The molecule has 1 N–H and O–H groups in total. The number of benzene rings is 2. The number of nitrogens with zero attached hydrogens (tertiary/aromatic N) is 2. The highest BCUT2D eigenvalue weighted by atomic mass is 32.2. The number of fused-ring (bicyclic) bond motifs is 1. The van der Waals surface area contributed by atoms with E-state index in [9.17, 15) is 13.2 Å². The van der Waals surface area contributed by atoms with E-state index in [1.807, 2.05) is 25.1 Å². The van der Waals surface area contributed by atoms with Gasteiger partial charge in [0.25, 0.3) is 5.91 Å². The fourth-order valence-corrected chi connectivity index (χ4v) is 4.81. The molecule has 154 valence electrons. The summed E-state index contributed by atoms with van der Waals surface area (Å²) in [5, 5.41) is 3.23. The van der Waals surface area contributed by atoms with Gasteiger partial charge in [0, 0.05) is 19.2 Å². The molecule has 0 spiro atoms. The lowest BCUT2D eigenvalue weighted by molar-refractivity contribution is 0.102. The van der Waals surface area contributed by atoms with E-state index in [1.54, 1.807) is 14.2 Å². The molecule has 0 aliphatic rings. The molecule has 9 heteroatoms. The third kappa shape index (κ3) is 4.75. The van der Waals surface area contributed by atoms with Gasteiger partial charge in [-0.05, 0) is 48.9 Å². The molecular weight excluding hydrogens is 410 g/mol. The average molecular weight is 434 g/mol. The van der Waals surface area contributed by atoms with Crippen molar-refractivity contribution >= 4 is 42.6 Å². The molecule has 0 radical (unpaired) electrons. The van der Waals surface area contributed by atoms with Crippen molar-refractivity contribution in [1.82, 2.24) is 9.29 Å². The van der Waals surface area contributed by atoms with Gasteiger partial charge in [0.2, 0.25) is 10.0 Å². The van der Waals surface area contributed by atoms with Gasteiger partial charge in [-0.15, -0.1) is 0 Å². The van der Waals surface area contributed by atoms with Crippen LogP contribution in [0.25, 0.3) is 10.2 Å². The van der Waals surface area contributed by atoms with Gasteiger partial charge in [-0.3, -0.25) is 10.1 Å². The molecule has 0 bridgehead atoms. The van der Waals surface area contributed by atoms with Crippen molar-refractivity contribution in [3.63, 3.8) is 0 Å². The first kappa shape index (κ1) is 21.2. The zero-order valence-corrected chi connectivity index (χ0v) is 18.1. The summed E-state index contributed by atoms with van der Waals surface area (Å²) in [7, 11) is -0.400. The topological polar surface area (TPSA) is 88.6 Å². The Morgan fingerprint density at radius 3 is 2.59 bits per heavy atom. The van der Waals surface area contributed by atoms with Gasteiger partial charge in [-0.25, -0.2) is 17.7 Å². The lowest BCUT2D eigenvalue weighted by Gasteiger charge is -2.16. The Kier molecular flexibility index (Phi) is 6.51. The first-order valence-electron chi connectivity index (χ1n) is 9.17. The van der Waals surface area contributed by atoms with Gasteiger partial charge in [-0.2, -0.15) is 0 Å². The smallest absolute Gasteiger partial charge is 0.257 e. The second-order valence-electron chi connectivity index (χ2n) is 6.51. The van der Waals surface area contributed by atoms with E-state index < -0.39 is 10.0 Å². The molecule has 0 aliphatic carbocycles. The van der Waals surface area contributed by atoms with E-state index in [1.165, 1.54) is 39.9 Å². The van der Waals surface area contributed by atoms with Gasteiger partial charge in [0.15, 0.2) is 5.13 Å². The SMILES string of the molecule is CCCCN(C)S(=O)(=O)c1ccc(C(=O)Nc2nc3ccc(OC)cc3s2)cc1. The predicted octanol–water partition coefficient (Wildman–Crippen LogP) is 3.98. The van der Waals surface area contributed by atoms with Gasteiger partial charge in [-0.1, -0.05) is 24.7 Å². The lowest BCUT2D eigenvalue weighted by atomic mass is 10.2. The van der Waals surface area contributed by atoms with Gasteiger partial charge < -0.3 is 4.74 Å². The van der Waals surface area contributed by atoms with Crippen molar-refractivity contribution in [2.24, 2.45) is 0 Å². The number of hydrogen-bond acceptors (Lipinski definition) is 6. The Morgan fingerprint density at radius 1 is 1.21 bits per heavy atom. The Morgan fingerprint density at radius 2 is 1.93 bits per heavy atom. The Balaban J connectivity index is 1.73. The molecule has 0 atom stereocenters. The maximum atomic E-state index is 12.6. The maximum absolute atomic E-state index is 12.6. The number of methoxy groups -OCH3 is 1. The summed E-state index contributed by atoms with van der Waals surface area (Å²) in [4.78, 5) is 17.1. The molecule has 3 aromatic rings. The van der Waals surface area contributed by atoms with Crippen LogP contribution in [0, 0.1) is 0 Å². The number of unbranched alkanes of at least 4 members (excludes halogenated alkanes) is 1. The Bertz CT molecular complexity index is 1110. The highest BCUT2D eigenvalue weighted by Gasteiger charge is 2.20. The maximum Gasteiger partial charge on any atom is 0.257 e. The molecule has 1 amide bonds. The number of carbonyl (C=O) groups is 1. The average Bonchev–Trinajstić information content (AvgIpc) is 3.13. The molecule has 2 aromatic carbocycles. The monoisotopic (exact) mass is 433 g/mol. The number of nitrogens with one attached hydrogen (secondary N) is 1. The lowest BCUT2D eigenvalue weighted by Crippen LogP contribution is -2.28. The van der Waals surface area contributed by atoms with E-state index in [0.717, 1.165) is 28.8 Å². The number of hydrogen-bond donors (Lipinski definition) is 1. The number of carbonyl (C=O) groups excluding carboxylic acids is 1. The highest BCUT2D eigenvalue weighted by Crippen LogP contribution is 2.29. The van der Waals surface area contributed by atoms with Gasteiger partial charge in [0.1, 0.15) is 5.75 Å². The van der Waals surface area contributed by atoms with Crippen molar-refractivity contribution in [3.8, 4) is 5.75 Å². The highest BCUT2D eigenvalue weighted by molar-refractivity contribution is 7.89. The van der Waals surface area contributed by atoms with Crippen molar-refractivity contribution in [2.45, 2.75) is 24.7 Å². The van der Waals surface area contributed by atoms with Crippen LogP contribution >= 0.6 is 11.3 Å². The standard InChI is InChI=1S/C20H23N3O4S2/c1-4-5-12-23(2)29(25,26)16-9-6-14(7-10-16)19(24)22-20-21-17-11-8-15(27-3)13-18(17)28-20/h6-11,13H,4-5,12H2,1-3H3,(H,21,22,24). The van der Waals surface area contributed by atoms with Crippen LogP contribution < -0.4 is 10.1 Å². The van der Waals surface area contributed by atoms with E-state index in [0.29, 0.717) is 17.2 Å². The Labute approximate surface area is 174 Å². The van der Waals surface area contributed by atoms with Crippen LogP contribution in [0.3, 0.4) is 0 Å². The second-order valence-corrected chi connectivity index (χ2v) is 9.59. The van der Waals surface area contributed by atoms with Crippen LogP contribution in [0.1, 0.15) is 30.1 Å². The molecule has 0 unspecified atom stereocenters. The molecule has 1 aromatic heterocycles. The van der Waals surface area contributed by atoms with Crippen molar-refractivity contribution in [1.29, 1.82) is 0 Å². The number of aromatic nitrogens is 1. The molecule has 3 rings (SSSR count). The molecule has 0 aliphatic heterocycles. The summed E-state index contributed by atoms with van der Waals surface area (Å²) in [6.45, 7) is 2.47. The molecule has 0 fully saturated rings. The minimum atomic E-state index is -3.56. The summed E-state index contributed by atoms with van der Waals surface area (Å²) >= 11 is 1.34. The van der Waals surface area contributed by atoms with E-state index >= 15 is 0 Å². The van der Waals surface area contributed by atoms with E-state index in [-0.39, 0.29) is 10.8 Å². The molecule has 0 saturated carbocycles. The third-order valence-corrected chi connectivity index (χ3v) is 7.27. The summed E-state index contributed by atoms with van der Waals surface area (Å²) in [6.07, 6.45) is 1.71. The molecular formula is C20H23N3O4S2. The summed E-state index contributed by atoms with van der Waals surface area (Å²) < 4.78 is 32.6. The van der Waals surface area contributed by atoms with Crippen LogP contribution in [0.5, 0.6) is 5.75 Å². The minimum Gasteiger partial charge on any atom is -0.497 e. The van der Waals surface area contributed by atoms with Crippen LogP contribution in [0.2, 0.25) is 0 Å². The number of rotatable bonds is 8. The largest absolute Gasteiger partial charge is 0.497 e. The zero-order chi connectivity index (χ0) is 21.0. The number of amides is 1. The van der Waals surface area contributed by atoms with Crippen LogP contribution in [-0.2, 0) is 10.0 Å². The molecule has 7 nitrogen and oxygen atoms in total. The fraction of sp³-hybridized carbons (Fsp3) is 0.300. The summed E-state index contributed by atoms with van der Waals surface area (Å²) in [5.74, 6) is 0.374. The molecule has 1 heterocycles. The first-order chi connectivity index (χ1) is 13.8. The quantitative estimate of drug-likeness (QED) is 0.580. The van der Waals surface area contributed by atoms with Crippen molar-refractivity contribution < 1.29 is 17.9 Å².